The molecule has 0 spiro atoms. The quantitative estimate of drug-likeness (QED) is 0.744. The molecular formula is C10H20N2O3S. The van der Waals surface area contributed by atoms with Gasteiger partial charge in [-0.1, -0.05) is 0 Å². The second kappa shape index (κ2) is 5.14. The highest BCUT2D eigenvalue weighted by Crippen LogP contribution is 2.17. The highest BCUT2D eigenvalue weighted by Gasteiger charge is 2.31. The van der Waals surface area contributed by atoms with Crippen LogP contribution in [-0.4, -0.2) is 49.4 Å². The molecule has 5 nitrogen and oxygen atoms in total. The average molecular weight is 248 g/mol. The van der Waals surface area contributed by atoms with E-state index in [0.29, 0.717) is 13.1 Å². The summed E-state index contributed by atoms with van der Waals surface area (Å²) in [7, 11) is -3.30. The predicted molar refractivity (Wildman–Crippen MR) is 62.7 cm³/mol. The highest BCUT2D eigenvalue weighted by atomic mass is 32.2. The van der Waals surface area contributed by atoms with Gasteiger partial charge >= 0.3 is 0 Å². The summed E-state index contributed by atoms with van der Waals surface area (Å²) in [6, 6.07) is 0.0230. The molecule has 0 saturated carbocycles. The Hall–Kier alpha value is -0.620. The van der Waals surface area contributed by atoms with E-state index in [-0.39, 0.29) is 17.7 Å². The number of nitrogens with two attached hydrogens (primary N) is 1. The summed E-state index contributed by atoms with van der Waals surface area (Å²) in [6.07, 6.45) is 1.79. The lowest BCUT2D eigenvalue weighted by atomic mass is 10.2. The van der Waals surface area contributed by atoms with Gasteiger partial charge in [0.1, 0.15) is 5.75 Å². The summed E-state index contributed by atoms with van der Waals surface area (Å²) in [6.45, 7) is 4.22. The third kappa shape index (κ3) is 2.95. The average Bonchev–Trinajstić information content (AvgIpc) is 2.64. The molecule has 1 rings (SSSR count). The van der Waals surface area contributed by atoms with Crippen LogP contribution in [0.2, 0.25) is 0 Å². The minimum absolute atomic E-state index is 0.0230. The summed E-state index contributed by atoms with van der Waals surface area (Å²) >= 11 is 0. The van der Waals surface area contributed by atoms with E-state index in [1.54, 1.807) is 18.7 Å². The van der Waals surface area contributed by atoms with E-state index in [9.17, 15) is 13.2 Å². The Balaban J connectivity index is 2.66. The lowest BCUT2D eigenvalue weighted by Crippen LogP contribution is -2.43. The fourth-order valence-corrected chi connectivity index (χ4v) is 2.67. The van der Waals surface area contributed by atoms with Crippen molar-refractivity contribution in [1.29, 1.82) is 0 Å². The minimum atomic E-state index is -3.30. The Morgan fingerprint density at radius 1 is 1.50 bits per heavy atom. The molecule has 1 aliphatic heterocycles. The molecule has 1 unspecified atom stereocenters. The van der Waals surface area contributed by atoms with Crippen LogP contribution in [0.4, 0.5) is 0 Å². The molecule has 6 heteroatoms. The molecule has 16 heavy (non-hydrogen) atoms. The number of hydrogen-bond acceptors (Lipinski definition) is 4. The smallest absolute Gasteiger partial charge is 0.238 e. The van der Waals surface area contributed by atoms with Crippen LogP contribution in [0.25, 0.3) is 0 Å². The second-order valence-electron chi connectivity index (χ2n) is 4.47. The normalized spacial score (nSPS) is 21.8. The van der Waals surface area contributed by atoms with Crippen molar-refractivity contribution in [3.63, 3.8) is 0 Å². The lowest BCUT2D eigenvalue weighted by molar-refractivity contribution is -0.129. The number of hydrogen-bond donors (Lipinski definition) is 1. The van der Waals surface area contributed by atoms with Crippen LogP contribution in [0.1, 0.15) is 26.7 Å². The molecule has 0 aromatic rings. The summed E-state index contributed by atoms with van der Waals surface area (Å²) in [5.41, 5.74) is 5.54. The van der Waals surface area contributed by atoms with Gasteiger partial charge in [0, 0.05) is 19.1 Å². The molecule has 1 atom stereocenters. The molecule has 94 valence electrons. The molecule has 1 heterocycles. The number of likely N-dealkylation sites (tertiary alicyclic amines) is 1. The fraction of sp³-hybridized carbons (Fsp3) is 0.900. The number of amides is 1. The number of carbonyl (C=O) groups excluding carboxylic acids is 1. The lowest BCUT2D eigenvalue weighted by Gasteiger charge is -2.23. The molecule has 1 saturated heterocycles. The van der Waals surface area contributed by atoms with Crippen LogP contribution in [0.5, 0.6) is 0 Å². The van der Waals surface area contributed by atoms with E-state index in [2.05, 4.69) is 0 Å². The summed E-state index contributed by atoms with van der Waals surface area (Å²) in [5, 5.41) is -0.504. The molecule has 0 bridgehead atoms. The Bertz CT molecular complexity index is 351. The first-order valence-corrected chi connectivity index (χ1v) is 7.31. The van der Waals surface area contributed by atoms with Crippen molar-refractivity contribution in [1.82, 2.24) is 4.90 Å². The topological polar surface area (TPSA) is 80.5 Å². The molecule has 2 N–H and O–H groups in total. The van der Waals surface area contributed by atoms with Crippen LogP contribution >= 0.6 is 0 Å². The van der Waals surface area contributed by atoms with Gasteiger partial charge in [0.05, 0.1) is 5.25 Å². The van der Waals surface area contributed by atoms with Crippen molar-refractivity contribution in [3.05, 3.63) is 0 Å². The fourth-order valence-electron chi connectivity index (χ4n) is 1.83. The summed E-state index contributed by atoms with van der Waals surface area (Å²) in [4.78, 5) is 13.4. The van der Waals surface area contributed by atoms with Gasteiger partial charge in [0.2, 0.25) is 5.91 Å². The van der Waals surface area contributed by atoms with E-state index in [4.69, 9.17) is 5.73 Å². The predicted octanol–water partition coefficient (Wildman–Crippen LogP) is -0.241. The maximum atomic E-state index is 11.8. The summed E-state index contributed by atoms with van der Waals surface area (Å²) < 4.78 is 23.2. The first-order valence-electron chi connectivity index (χ1n) is 5.59. The van der Waals surface area contributed by atoms with E-state index in [1.807, 2.05) is 0 Å². The van der Waals surface area contributed by atoms with Gasteiger partial charge in [-0.25, -0.2) is 8.42 Å². The standard InChI is InChI=1S/C10H20N2O3S/c1-8(2)16(14,15)7-10(13)12-5-3-4-9(12)6-11/h8-9H,3-7,11H2,1-2H3. The molecule has 0 aromatic carbocycles. The molecule has 0 radical (unpaired) electrons. The molecule has 1 amide bonds. The van der Waals surface area contributed by atoms with Crippen molar-refractivity contribution in [2.75, 3.05) is 18.8 Å². The van der Waals surface area contributed by atoms with E-state index in [1.165, 1.54) is 0 Å². The maximum absolute atomic E-state index is 11.8. The zero-order valence-corrected chi connectivity index (χ0v) is 10.7. The van der Waals surface area contributed by atoms with Gasteiger partial charge in [0.25, 0.3) is 0 Å². The Kier molecular flexibility index (Phi) is 4.32. The Morgan fingerprint density at radius 2 is 2.12 bits per heavy atom. The third-order valence-corrected chi connectivity index (χ3v) is 5.10. The van der Waals surface area contributed by atoms with Gasteiger partial charge < -0.3 is 10.6 Å². The zero-order chi connectivity index (χ0) is 12.3. The monoisotopic (exact) mass is 248 g/mol. The molecule has 1 aliphatic rings. The van der Waals surface area contributed by atoms with Gasteiger partial charge in [0.15, 0.2) is 9.84 Å². The third-order valence-electron chi connectivity index (χ3n) is 3.01. The summed E-state index contributed by atoms with van der Waals surface area (Å²) in [5.74, 6) is -0.692. The number of sulfone groups is 1. The van der Waals surface area contributed by atoms with Crippen LogP contribution in [-0.2, 0) is 14.6 Å². The number of rotatable bonds is 4. The first-order chi connectivity index (χ1) is 7.38. The first kappa shape index (κ1) is 13.4. The Morgan fingerprint density at radius 3 is 2.62 bits per heavy atom. The number of nitrogens with zero attached hydrogens (tertiary/aromatic N) is 1. The largest absolute Gasteiger partial charge is 0.338 e. The van der Waals surface area contributed by atoms with Gasteiger partial charge in [-0.3, -0.25) is 4.79 Å². The van der Waals surface area contributed by atoms with Crippen LogP contribution < -0.4 is 5.73 Å². The second-order valence-corrected chi connectivity index (χ2v) is 7.03. The van der Waals surface area contributed by atoms with Crippen molar-refractivity contribution < 1.29 is 13.2 Å². The van der Waals surface area contributed by atoms with Crippen molar-refractivity contribution in [3.8, 4) is 0 Å². The van der Waals surface area contributed by atoms with E-state index >= 15 is 0 Å². The van der Waals surface area contributed by atoms with Crippen LogP contribution in [0, 0.1) is 0 Å². The Labute approximate surface area is 96.9 Å². The van der Waals surface area contributed by atoms with Crippen LogP contribution in [0.3, 0.4) is 0 Å². The minimum Gasteiger partial charge on any atom is -0.338 e. The number of carbonyl (C=O) groups is 1. The van der Waals surface area contributed by atoms with Crippen molar-refractivity contribution in [2.45, 2.75) is 38.0 Å². The molecule has 0 aromatic heterocycles. The molecular weight excluding hydrogens is 228 g/mol. The van der Waals surface area contributed by atoms with Gasteiger partial charge in [-0.2, -0.15) is 0 Å². The van der Waals surface area contributed by atoms with Gasteiger partial charge in [-0.15, -0.1) is 0 Å². The van der Waals surface area contributed by atoms with E-state index in [0.717, 1.165) is 12.8 Å². The highest BCUT2D eigenvalue weighted by molar-refractivity contribution is 7.92. The molecule has 0 aliphatic carbocycles. The SMILES string of the molecule is CC(C)S(=O)(=O)CC(=O)N1CCCC1CN. The molecule has 1 fully saturated rings. The van der Waals surface area contributed by atoms with Crippen LogP contribution in [0.15, 0.2) is 0 Å². The van der Waals surface area contributed by atoms with Crippen molar-refractivity contribution in [2.24, 2.45) is 5.73 Å². The van der Waals surface area contributed by atoms with Gasteiger partial charge in [-0.05, 0) is 26.7 Å². The zero-order valence-electron chi connectivity index (χ0n) is 9.85. The van der Waals surface area contributed by atoms with Crippen molar-refractivity contribution >= 4 is 15.7 Å². The van der Waals surface area contributed by atoms with E-state index < -0.39 is 15.1 Å². The maximum Gasteiger partial charge on any atom is 0.238 e.